The summed E-state index contributed by atoms with van der Waals surface area (Å²) in [6.07, 6.45) is 1.98. The largest absolute Gasteiger partial charge is 0.508 e. The monoisotopic (exact) mass is 255 g/mol. The second-order valence-corrected chi connectivity index (χ2v) is 5.05. The van der Waals surface area contributed by atoms with Crippen LogP contribution in [-0.2, 0) is 12.8 Å². The maximum absolute atomic E-state index is 9.30. The van der Waals surface area contributed by atoms with Crippen LogP contribution in [0, 0.1) is 6.92 Å². The van der Waals surface area contributed by atoms with E-state index in [2.05, 4.69) is 36.5 Å². The summed E-state index contributed by atoms with van der Waals surface area (Å²) in [4.78, 5) is 0. The lowest BCUT2D eigenvalue weighted by Gasteiger charge is -2.16. The second kappa shape index (κ2) is 6.39. The number of aromatic hydroxyl groups is 1. The van der Waals surface area contributed by atoms with Crippen LogP contribution < -0.4 is 5.32 Å². The van der Waals surface area contributed by atoms with Crippen molar-refractivity contribution in [2.45, 2.75) is 25.8 Å². The fraction of sp³-hybridized carbons (Fsp3) is 0.294. The standard InChI is InChI=1S/C17H21NO/c1-13-4-3-5-15(10-13)12-16(18-2)11-14-6-8-17(19)9-7-14/h3-10,16,18-19H,11-12H2,1-2H3. The Balaban J connectivity index is 2.02. The molecule has 0 saturated heterocycles. The zero-order valence-corrected chi connectivity index (χ0v) is 11.6. The molecule has 0 saturated carbocycles. The molecule has 2 N–H and O–H groups in total. The minimum atomic E-state index is 0.323. The summed E-state index contributed by atoms with van der Waals surface area (Å²) in [6, 6.07) is 16.5. The Hall–Kier alpha value is -1.80. The van der Waals surface area contributed by atoms with Gasteiger partial charge in [-0.2, -0.15) is 0 Å². The van der Waals surface area contributed by atoms with E-state index >= 15 is 0 Å². The molecule has 2 aromatic carbocycles. The van der Waals surface area contributed by atoms with Crippen LogP contribution in [0.1, 0.15) is 16.7 Å². The van der Waals surface area contributed by atoms with Gasteiger partial charge in [-0.3, -0.25) is 0 Å². The van der Waals surface area contributed by atoms with Gasteiger partial charge in [0, 0.05) is 6.04 Å². The van der Waals surface area contributed by atoms with Crippen LogP contribution in [-0.4, -0.2) is 18.2 Å². The van der Waals surface area contributed by atoms with E-state index in [0.717, 1.165) is 12.8 Å². The molecule has 0 fully saturated rings. The fourth-order valence-corrected chi connectivity index (χ4v) is 2.32. The zero-order chi connectivity index (χ0) is 13.7. The second-order valence-electron chi connectivity index (χ2n) is 5.05. The first-order valence-corrected chi connectivity index (χ1v) is 6.68. The van der Waals surface area contributed by atoms with Crippen molar-refractivity contribution < 1.29 is 5.11 Å². The van der Waals surface area contributed by atoms with E-state index in [1.165, 1.54) is 16.7 Å². The molecule has 0 amide bonds. The summed E-state index contributed by atoms with van der Waals surface area (Å²) < 4.78 is 0. The molecule has 2 aromatic rings. The van der Waals surface area contributed by atoms with Crippen LogP contribution in [0.5, 0.6) is 5.75 Å². The minimum Gasteiger partial charge on any atom is -0.508 e. The Labute approximate surface area is 115 Å². The first-order chi connectivity index (χ1) is 9.17. The molecule has 0 aliphatic carbocycles. The fourth-order valence-electron chi connectivity index (χ4n) is 2.32. The van der Waals surface area contributed by atoms with Gasteiger partial charge in [-0.1, -0.05) is 42.0 Å². The zero-order valence-electron chi connectivity index (χ0n) is 11.6. The Bertz CT molecular complexity index is 519. The maximum atomic E-state index is 9.30. The van der Waals surface area contributed by atoms with E-state index in [-0.39, 0.29) is 0 Å². The third kappa shape index (κ3) is 4.11. The van der Waals surface area contributed by atoms with Crippen molar-refractivity contribution in [2.75, 3.05) is 7.05 Å². The van der Waals surface area contributed by atoms with Gasteiger partial charge in [0.05, 0.1) is 0 Å². The number of phenols is 1. The Kier molecular flexibility index (Phi) is 4.58. The van der Waals surface area contributed by atoms with Crippen LogP contribution in [0.3, 0.4) is 0 Å². The third-order valence-electron chi connectivity index (χ3n) is 3.39. The normalized spacial score (nSPS) is 12.3. The average Bonchev–Trinajstić information content (AvgIpc) is 2.40. The van der Waals surface area contributed by atoms with Crippen LogP contribution >= 0.6 is 0 Å². The number of rotatable bonds is 5. The molecule has 0 radical (unpaired) electrons. The molecule has 0 aromatic heterocycles. The Morgan fingerprint density at radius 3 is 2.32 bits per heavy atom. The minimum absolute atomic E-state index is 0.323. The lowest BCUT2D eigenvalue weighted by molar-refractivity contribution is 0.474. The molecule has 19 heavy (non-hydrogen) atoms. The predicted octanol–water partition coefficient (Wildman–Crippen LogP) is 3.07. The van der Waals surface area contributed by atoms with Crippen molar-refractivity contribution in [3.63, 3.8) is 0 Å². The summed E-state index contributed by atoms with van der Waals surface area (Å²) in [6.45, 7) is 2.12. The summed E-state index contributed by atoms with van der Waals surface area (Å²) in [5.74, 6) is 0.323. The van der Waals surface area contributed by atoms with Crippen molar-refractivity contribution in [1.82, 2.24) is 5.32 Å². The molecule has 0 aliphatic heterocycles. The van der Waals surface area contributed by atoms with Gasteiger partial charge < -0.3 is 10.4 Å². The molecule has 0 heterocycles. The van der Waals surface area contributed by atoms with Gasteiger partial charge in [0.2, 0.25) is 0 Å². The molecule has 2 heteroatoms. The molecule has 0 spiro atoms. The summed E-state index contributed by atoms with van der Waals surface area (Å²) in [5, 5.41) is 12.7. The molecule has 2 nitrogen and oxygen atoms in total. The SMILES string of the molecule is CNC(Cc1ccc(O)cc1)Cc1cccc(C)c1. The lowest BCUT2D eigenvalue weighted by Crippen LogP contribution is -2.29. The highest BCUT2D eigenvalue weighted by atomic mass is 16.3. The van der Waals surface area contributed by atoms with Crippen LogP contribution in [0.4, 0.5) is 0 Å². The molecule has 0 aliphatic rings. The van der Waals surface area contributed by atoms with Crippen molar-refractivity contribution >= 4 is 0 Å². The average molecular weight is 255 g/mol. The lowest BCUT2D eigenvalue weighted by atomic mass is 9.98. The van der Waals surface area contributed by atoms with Gasteiger partial charge in [-0.05, 0) is 50.1 Å². The topological polar surface area (TPSA) is 32.3 Å². The van der Waals surface area contributed by atoms with Gasteiger partial charge in [-0.25, -0.2) is 0 Å². The van der Waals surface area contributed by atoms with E-state index < -0.39 is 0 Å². The van der Waals surface area contributed by atoms with E-state index in [4.69, 9.17) is 0 Å². The Morgan fingerprint density at radius 2 is 1.68 bits per heavy atom. The summed E-state index contributed by atoms with van der Waals surface area (Å²) in [5.41, 5.74) is 3.90. The van der Waals surface area contributed by atoms with Crippen LogP contribution in [0.15, 0.2) is 48.5 Å². The third-order valence-corrected chi connectivity index (χ3v) is 3.39. The van der Waals surface area contributed by atoms with Crippen LogP contribution in [0.2, 0.25) is 0 Å². The molecule has 0 bridgehead atoms. The molecule has 1 atom stereocenters. The number of likely N-dealkylation sites (N-methyl/N-ethyl adjacent to an activating group) is 1. The van der Waals surface area contributed by atoms with Gasteiger partial charge >= 0.3 is 0 Å². The number of nitrogens with one attached hydrogen (secondary N) is 1. The Morgan fingerprint density at radius 1 is 1.00 bits per heavy atom. The van der Waals surface area contributed by atoms with Crippen molar-refractivity contribution in [3.8, 4) is 5.75 Å². The smallest absolute Gasteiger partial charge is 0.115 e. The number of aryl methyl sites for hydroxylation is 1. The van der Waals surface area contributed by atoms with Crippen LogP contribution in [0.25, 0.3) is 0 Å². The van der Waals surface area contributed by atoms with E-state index in [1.807, 2.05) is 19.2 Å². The number of hydrogen-bond acceptors (Lipinski definition) is 2. The summed E-state index contributed by atoms with van der Waals surface area (Å²) >= 11 is 0. The van der Waals surface area contributed by atoms with E-state index in [9.17, 15) is 5.11 Å². The van der Waals surface area contributed by atoms with Crippen molar-refractivity contribution in [3.05, 3.63) is 65.2 Å². The molecular weight excluding hydrogens is 234 g/mol. The van der Waals surface area contributed by atoms with Gasteiger partial charge in [0.15, 0.2) is 0 Å². The van der Waals surface area contributed by atoms with Crippen molar-refractivity contribution in [2.24, 2.45) is 0 Å². The highest BCUT2D eigenvalue weighted by Crippen LogP contribution is 2.14. The highest BCUT2D eigenvalue weighted by Gasteiger charge is 2.08. The van der Waals surface area contributed by atoms with Gasteiger partial charge in [0.1, 0.15) is 5.75 Å². The number of hydrogen-bond donors (Lipinski definition) is 2. The maximum Gasteiger partial charge on any atom is 0.115 e. The molecule has 1 unspecified atom stereocenters. The quantitative estimate of drug-likeness (QED) is 0.860. The van der Waals surface area contributed by atoms with E-state index in [0.29, 0.717) is 11.8 Å². The predicted molar refractivity (Wildman–Crippen MR) is 79.5 cm³/mol. The van der Waals surface area contributed by atoms with Gasteiger partial charge in [-0.15, -0.1) is 0 Å². The molecule has 2 rings (SSSR count). The number of phenolic OH excluding ortho intramolecular Hbond substituents is 1. The van der Waals surface area contributed by atoms with E-state index in [1.54, 1.807) is 12.1 Å². The van der Waals surface area contributed by atoms with Gasteiger partial charge in [0.25, 0.3) is 0 Å². The molecule has 100 valence electrons. The first-order valence-electron chi connectivity index (χ1n) is 6.68. The first kappa shape index (κ1) is 13.6. The number of benzene rings is 2. The highest BCUT2D eigenvalue weighted by molar-refractivity contribution is 5.27. The molecular formula is C17H21NO. The summed E-state index contributed by atoms with van der Waals surface area (Å²) in [7, 11) is 2.00. The van der Waals surface area contributed by atoms with Crippen molar-refractivity contribution in [1.29, 1.82) is 0 Å².